The molecule has 2 aromatic rings. The van der Waals surface area contributed by atoms with Crippen LogP contribution in [0, 0.1) is 12.3 Å². The van der Waals surface area contributed by atoms with Gasteiger partial charge in [0.1, 0.15) is 17.7 Å². The number of hydrogen-bond acceptors (Lipinski definition) is 9. The molecule has 0 saturated carbocycles. The molecule has 13 heteroatoms. The molecule has 0 radical (unpaired) electrons. The highest BCUT2D eigenvalue weighted by Crippen LogP contribution is 2.38. The number of esters is 2. The highest BCUT2D eigenvalue weighted by atomic mass is 35.5. The predicted octanol–water partition coefficient (Wildman–Crippen LogP) is 0.971. The third kappa shape index (κ3) is 4.13. The maximum absolute atomic E-state index is 15.4. The largest absolute Gasteiger partial charge is 0.460 e. The normalized spacial score (nSPS) is 23.6. The fourth-order valence-corrected chi connectivity index (χ4v) is 3.96. The van der Waals surface area contributed by atoms with Crippen LogP contribution in [0.15, 0.2) is 4.79 Å². The maximum atomic E-state index is 15.4. The van der Waals surface area contributed by atoms with Gasteiger partial charge in [-0.1, -0.05) is 24.4 Å². The summed E-state index contributed by atoms with van der Waals surface area (Å²) in [6.45, 7) is 3.72. The zero-order chi connectivity index (χ0) is 23.7. The number of anilines is 1. The maximum Gasteiger partial charge on any atom is 0.333 e. The van der Waals surface area contributed by atoms with Crippen molar-refractivity contribution in [1.29, 1.82) is 0 Å². The lowest BCUT2D eigenvalue weighted by molar-refractivity contribution is -0.159. The smallest absolute Gasteiger partial charge is 0.333 e. The van der Waals surface area contributed by atoms with Crippen molar-refractivity contribution in [2.75, 3.05) is 5.73 Å². The molecule has 172 valence electrons. The van der Waals surface area contributed by atoms with Gasteiger partial charge < -0.3 is 19.9 Å². The molecule has 5 atom stereocenters. The number of carbonyl (C=O) groups is 2. The van der Waals surface area contributed by atoms with Crippen LogP contribution >= 0.6 is 11.6 Å². The minimum absolute atomic E-state index is 0.0554. The van der Waals surface area contributed by atoms with Crippen molar-refractivity contribution in [2.24, 2.45) is 0 Å². The second-order valence-electron chi connectivity index (χ2n) is 7.05. The van der Waals surface area contributed by atoms with Crippen LogP contribution in [0.1, 0.15) is 33.4 Å². The van der Waals surface area contributed by atoms with Crippen molar-refractivity contribution in [2.45, 2.75) is 64.4 Å². The Labute approximate surface area is 186 Å². The Morgan fingerprint density at radius 1 is 1.38 bits per heavy atom. The van der Waals surface area contributed by atoms with E-state index in [2.05, 4.69) is 15.9 Å². The highest BCUT2D eigenvalue weighted by Gasteiger charge is 2.53. The number of alkyl halides is 1. The zero-order valence-corrected chi connectivity index (χ0v) is 18.2. The first-order valence-corrected chi connectivity index (χ1v) is 9.99. The lowest BCUT2D eigenvalue weighted by atomic mass is 10.0. The SMILES string of the molecule is C#CCn1c(=O)n([C@@H]2O[C@H](C(CC)OC(C)=O)[C@H](F)[C@H]2OC(C)=O)c2nc(N)nc(Cl)c21. The first kappa shape index (κ1) is 23.5. The minimum Gasteiger partial charge on any atom is -0.460 e. The van der Waals surface area contributed by atoms with E-state index in [4.69, 9.17) is 38.0 Å². The van der Waals surface area contributed by atoms with Crippen molar-refractivity contribution in [3.05, 3.63) is 15.6 Å². The monoisotopic (exact) mass is 469 g/mol. The standard InChI is InChI=1S/C19H21ClFN5O6/c1-5-7-25-12-15(20)23-18(22)24-16(12)26(19(25)29)17-14(31-9(4)28)11(21)13(32-17)10(6-2)30-8(3)27/h1,10-11,13-14,17H,6-7H2,2-4H3,(H2,22,23,24)/t10?,11-,13+,14+,17+/m0/s1. The minimum atomic E-state index is -1.93. The van der Waals surface area contributed by atoms with Gasteiger partial charge in [0.2, 0.25) is 5.95 Å². The van der Waals surface area contributed by atoms with E-state index in [0.29, 0.717) is 0 Å². The fourth-order valence-electron chi connectivity index (χ4n) is 3.68. The summed E-state index contributed by atoms with van der Waals surface area (Å²) in [5, 5.41) is -0.152. The summed E-state index contributed by atoms with van der Waals surface area (Å²) in [6, 6.07) is 0. The number of hydrogen-bond donors (Lipinski definition) is 1. The van der Waals surface area contributed by atoms with Crippen molar-refractivity contribution in [3.63, 3.8) is 0 Å². The van der Waals surface area contributed by atoms with Gasteiger partial charge in [-0.15, -0.1) is 6.42 Å². The number of ether oxygens (including phenoxy) is 3. The average Bonchev–Trinajstić information content (AvgIpc) is 3.14. The number of fused-ring (bicyclic) bond motifs is 1. The molecule has 1 aliphatic heterocycles. The van der Waals surface area contributed by atoms with Crippen LogP contribution in [-0.2, 0) is 30.3 Å². The summed E-state index contributed by atoms with van der Waals surface area (Å²) < 4.78 is 33.6. The molecule has 0 bridgehead atoms. The average molecular weight is 470 g/mol. The predicted molar refractivity (Wildman–Crippen MR) is 110 cm³/mol. The first-order chi connectivity index (χ1) is 15.1. The molecule has 1 fully saturated rings. The molecule has 1 aliphatic rings. The Morgan fingerprint density at radius 2 is 2.06 bits per heavy atom. The van der Waals surface area contributed by atoms with Gasteiger partial charge in [0.05, 0.1) is 6.54 Å². The van der Waals surface area contributed by atoms with Crippen molar-refractivity contribution >= 4 is 40.7 Å². The molecule has 3 rings (SSSR count). The molecule has 2 aromatic heterocycles. The Kier molecular flexibility index (Phi) is 6.71. The molecular formula is C19H21ClFN5O6. The molecule has 0 amide bonds. The van der Waals surface area contributed by atoms with Crippen LogP contribution in [0.25, 0.3) is 11.2 Å². The molecule has 1 unspecified atom stereocenters. The van der Waals surface area contributed by atoms with E-state index in [0.717, 1.165) is 16.1 Å². The second-order valence-corrected chi connectivity index (χ2v) is 7.41. The Morgan fingerprint density at radius 3 is 2.62 bits per heavy atom. The van der Waals surface area contributed by atoms with E-state index in [-0.39, 0.29) is 35.2 Å². The molecule has 2 N–H and O–H groups in total. The van der Waals surface area contributed by atoms with E-state index in [1.807, 2.05) is 0 Å². The number of rotatable bonds is 6. The second kappa shape index (κ2) is 9.13. The Hall–Kier alpha value is -3.17. The number of nitrogens with zero attached hydrogens (tertiary/aromatic N) is 4. The number of nitrogens with two attached hydrogens (primary N) is 1. The molecule has 0 aliphatic carbocycles. The molecule has 3 heterocycles. The van der Waals surface area contributed by atoms with Gasteiger partial charge in [0.15, 0.2) is 29.3 Å². The Bertz CT molecular complexity index is 1160. The number of halogens is 2. The molecule has 1 saturated heterocycles. The van der Waals surface area contributed by atoms with E-state index >= 15 is 4.39 Å². The molecule has 0 spiro atoms. The number of imidazole rings is 1. The van der Waals surface area contributed by atoms with Crippen LogP contribution < -0.4 is 11.4 Å². The van der Waals surface area contributed by atoms with Crippen LogP contribution in [0.2, 0.25) is 5.15 Å². The van der Waals surface area contributed by atoms with Crippen LogP contribution in [0.3, 0.4) is 0 Å². The molecule has 0 aromatic carbocycles. The Balaban J connectivity index is 2.21. The topological polar surface area (TPSA) is 141 Å². The lowest BCUT2D eigenvalue weighted by Gasteiger charge is -2.23. The van der Waals surface area contributed by atoms with Crippen LogP contribution in [0.5, 0.6) is 0 Å². The van der Waals surface area contributed by atoms with E-state index in [1.54, 1.807) is 6.92 Å². The van der Waals surface area contributed by atoms with Crippen molar-refractivity contribution in [3.8, 4) is 12.3 Å². The first-order valence-electron chi connectivity index (χ1n) is 9.61. The summed E-state index contributed by atoms with van der Waals surface area (Å²) in [5.74, 6) is 0.616. The van der Waals surface area contributed by atoms with Crippen molar-refractivity contribution in [1.82, 2.24) is 19.1 Å². The van der Waals surface area contributed by atoms with Crippen molar-refractivity contribution < 1.29 is 28.2 Å². The summed E-state index contributed by atoms with van der Waals surface area (Å²) in [7, 11) is 0. The van der Waals surface area contributed by atoms with Gasteiger partial charge in [0.25, 0.3) is 0 Å². The van der Waals surface area contributed by atoms with Gasteiger partial charge in [-0.3, -0.25) is 14.2 Å². The van der Waals surface area contributed by atoms with Crippen LogP contribution in [0.4, 0.5) is 10.3 Å². The number of nitrogen functional groups attached to an aromatic ring is 1. The highest BCUT2D eigenvalue weighted by molar-refractivity contribution is 6.33. The third-order valence-corrected chi connectivity index (χ3v) is 5.14. The summed E-state index contributed by atoms with van der Waals surface area (Å²) in [4.78, 5) is 44.3. The van der Waals surface area contributed by atoms with E-state index < -0.39 is 48.3 Å². The number of terminal acetylenes is 1. The van der Waals surface area contributed by atoms with Gasteiger partial charge in [-0.05, 0) is 6.42 Å². The van der Waals surface area contributed by atoms with Gasteiger partial charge >= 0.3 is 17.6 Å². The molecule has 32 heavy (non-hydrogen) atoms. The zero-order valence-electron chi connectivity index (χ0n) is 17.4. The van der Waals surface area contributed by atoms with E-state index in [1.165, 1.54) is 6.92 Å². The van der Waals surface area contributed by atoms with Gasteiger partial charge in [-0.25, -0.2) is 13.8 Å². The fraction of sp³-hybridized carbons (Fsp3) is 0.526. The number of carbonyl (C=O) groups excluding carboxylic acids is 2. The molecular weight excluding hydrogens is 449 g/mol. The summed E-state index contributed by atoms with van der Waals surface area (Å²) in [6.07, 6.45) is -1.70. The lowest BCUT2D eigenvalue weighted by Crippen LogP contribution is -2.39. The third-order valence-electron chi connectivity index (χ3n) is 4.87. The number of aromatic nitrogens is 4. The summed E-state index contributed by atoms with van der Waals surface area (Å²) in [5.41, 5.74) is 4.91. The quantitative estimate of drug-likeness (QED) is 0.372. The van der Waals surface area contributed by atoms with E-state index in [9.17, 15) is 14.4 Å². The van der Waals surface area contributed by atoms with Gasteiger partial charge in [-0.2, -0.15) is 9.97 Å². The van der Waals surface area contributed by atoms with Crippen LogP contribution in [-0.4, -0.2) is 55.5 Å². The summed E-state index contributed by atoms with van der Waals surface area (Å²) >= 11 is 6.17. The van der Waals surface area contributed by atoms with Gasteiger partial charge in [0, 0.05) is 13.8 Å². The molecule has 11 nitrogen and oxygen atoms in total.